The lowest BCUT2D eigenvalue weighted by atomic mass is 9.96. The van der Waals surface area contributed by atoms with Crippen LogP contribution in [0.3, 0.4) is 0 Å². The Morgan fingerprint density at radius 1 is 1.15 bits per heavy atom. The quantitative estimate of drug-likeness (QED) is 0.610. The third-order valence-corrected chi connectivity index (χ3v) is 1.86. The summed E-state index contributed by atoms with van der Waals surface area (Å²) < 4.78 is 9.62. The maximum atomic E-state index is 8.09. The molecule has 80 valence electrons. The Bertz CT molecular complexity index is 86.9. The van der Waals surface area contributed by atoms with E-state index < -0.39 is 0 Å². The average Bonchev–Trinajstić information content (AvgIpc) is 2.05. The summed E-state index contributed by atoms with van der Waals surface area (Å²) in [5.74, 6) is 0. The molecule has 0 amide bonds. The summed E-state index contributed by atoms with van der Waals surface area (Å²) in [4.78, 5) is 0. The molecular weight excluding hydrogens is 172 g/mol. The second-order valence-corrected chi connectivity index (χ2v) is 2.85. The van der Waals surface area contributed by atoms with Gasteiger partial charge in [-0.05, 0) is 19.3 Å². The van der Waals surface area contributed by atoms with Gasteiger partial charge in [-0.2, -0.15) is 0 Å². The molecule has 4 heteroatoms. The minimum atomic E-state index is 0.0278. The highest BCUT2D eigenvalue weighted by atomic mass is 16.5. The highest BCUT2D eigenvalue weighted by Crippen LogP contribution is 2.20. The van der Waals surface area contributed by atoms with Gasteiger partial charge in [-0.25, -0.2) is 0 Å². The third-order valence-electron chi connectivity index (χ3n) is 1.86. The summed E-state index contributed by atoms with van der Waals surface area (Å²) in [6.07, 6.45) is 4.57. The van der Waals surface area contributed by atoms with E-state index in [4.69, 9.17) is 14.9 Å². The van der Waals surface area contributed by atoms with Gasteiger partial charge in [0.05, 0.1) is 32.5 Å². The zero-order chi connectivity index (χ0) is 9.94. The van der Waals surface area contributed by atoms with Crippen molar-refractivity contribution < 1.29 is 19.7 Å². The monoisotopic (exact) mass is 192 g/mol. The van der Waals surface area contributed by atoms with Crippen molar-refractivity contribution >= 4 is 0 Å². The number of hydrogen-bond donors (Lipinski definition) is 2. The van der Waals surface area contributed by atoms with Crippen molar-refractivity contribution in [3.05, 3.63) is 0 Å². The fourth-order valence-electron chi connectivity index (χ4n) is 0.838. The van der Waals surface area contributed by atoms with Gasteiger partial charge in [0, 0.05) is 7.11 Å². The molecule has 1 aliphatic rings. The molecule has 0 saturated heterocycles. The first kappa shape index (κ1) is 12.8. The van der Waals surface area contributed by atoms with Gasteiger partial charge in [-0.1, -0.05) is 0 Å². The summed E-state index contributed by atoms with van der Waals surface area (Å²) in [5.41, 5.74) is 0. The van der Waals surface area contributed by atoms with Crippen LogP contribution >= 0.6 is 0 Å². The number of aliphatic hydroxyl groups excluding tert-OH is 2. The predicted octanol–water partition coefficient (Wildman–Crippen LogP) is 0.173. The molecule has 1 rings (SSSR count). The minimum Gasteiger partial charge on any atom is -0.394 e. The van der Waals surface area contributed by atoms with Crippen molar-refractivity contribution in [2.24, 2.45) is 0 Å². The number of rotatable bonds is 5. The molecule has 1 aliphatic carbocycles. The molecule has 0 unspecified atom stereocenters. The first-order chi connectivity index (χ1) is 6.35. The van der Waals surface area contributed by atoms with E-state index in [1.165, 1.54) is 19.3 Å². The van der Waals surface area contributed by atoms with Crippen LogP contribution in [0.25, 0.3) is 0 Å². The first-order valence-electron chi connectivity index (χ1n) is 4.67. The Hall–Kier alpha value is -0.160. The highest BCUT2D eigenvalue weighted by molar-refractivity contribution is 4.67. The molecular formula is C9H20O4. The molecule has 0 aromatic carbocycles. The van der Waals surface area contributed by atoms with E-state index in [0.29, 0.717) is 19.3 Å². The zero-order valence-electron chi connectivity index (χ0n) is 8.24. The topological polar surface area (TPSA) is 58.9 Å². The molecule has 1 fully saturated rings. The van der Waals surface area contributed by atoms with E-state index in [0.717, 1.165) is 0 Å². The Morgan fingerprint density at radius 3 is 1.85 bits per heavy atom. The largest absolute Gasteiger partial charge is 0.394 e. The number of aliphatic hydroxyl groups is 2. The number of methoxy groups -OCH3 is 1. The minimum absolute atomic E-state index is 0.0278. The van der Waals surface area contributed by atoms with Gasteiger partial charge in [0.15, 0.2) is 0 Å². The SMILES string of the molecule is COC1CCC1.OCCOCCO. The van der Waals surface area contributed by atoms with Crippen LogP contribution in [0.5, 0.6) is 0 Å². The highest BCUT2D eigenvalue weighted by Gasteiger charge is 2.14. The molecule has 1 saturated carbocycles. The fourth-order valence-corrected chi connectivity index (χ4v) is 0.838. The van der Waals surface area contributed by atoms with E-state index in [1.807, 2.05) is 0 Å². The van der Waals surface area contributed by atoms with Crippen molar-refractivity contribution in [1.29, 1.82) is 0 Å². The average molecular weight is 192 g/mol. The molecule has 2 N–H and O–H groups in total. The van der Waals surface area contributed by atoms with Crippen LogP contribution < -0.4 is 0 Å². The molecule has 0 heterocycles. The first-order valence-corrected chi connectivity index (χ1v) is 4.67. The van der Waals surface area contributed by atoms with Crippen LogP contribution in [0.2, 0.25) is 0 Å². The molecule has 0 atom stereocenters. The second-order valence-electron chi connectivity index (χ2n) is 2.85. The van der Waals surface area contributed by atoms with E-state index in [2.05, 4.69) is 4.74 Å². The summed E-state index contributed by atoms with van der Waals surface area (Å²) in [6.45, 7) is 0.696. The Labute approximate surface area is 79.5 Å². The number of hydrogen-bond acceptors (Lipinski definition) is 4. The molecule has 0 spiro atoms. The predicted molar refractivity (Wildman–Crippen MR) is 49.6 cm³/mol. The lowest BCUT2D eigenvalue weighted by Crippen LogP contribution is -2.18. The van der Waals surface area contributed by atoms with E-state index in [9.17, 15) is 0 Å². The van der Waals surface area contributed by atoms with Crippen molar-refractivity contribution in [1.82, 2.24) is 0 Å². The molecule has 0 bridgehead atoms. The van der Waals surface area contributed by atoms with Crippen molar-refractivity contribution in [3.63, 3.8) is 0 Å². The van der Waals surface area contributed by atoms with Gasteiger partial charge in [0.25, 0.3) is 0 Å². The molecule has 13 heavy (non-hydrogen) atoms. The van der Waals surface area contributed by atoms with Gasteiger partial charge >= 0.3 is 0 Å². The third kappa shape index (κ3) is 8.18. The van der Waals surface area contributed by atoms with E-state index in [1.54, 1.807) is 7.11 Å². The maximum Gasteiger partial charge on any atom is 0.0698 e. The Kier molecular flexibility index (Phi) is 9.80. The standard InChI is InChI=1S/C5H10O.C4H10O3/c1-6-5-3-2-4-5;5-1-3-7-4-2-6/h5H,2-4H2,1H3;5-6H,1-4H2. The Balaban J connectivity index is 0.000000223. The summed E-state index contributed by atoms with van der Waals surface area (Å²) in [7, 11) is 1.78. The van der Waals surface area contributed by atoms with E-state index in [-0.39, 0.29) is 13.2 Å². The van der Waals surface area contributed by atoms with Crippen LogP contribution in [-0.2, 0) is 9.47 Å². The van der Waals surface area contributed by atoms with Gasteiger partial charge in [0.2, 0.25) is 0 Å². The lowest BCUT2D eigenvalue weighted by Gasteiger charge is -2.22. The molecule has 4 nitrogen and oxygen atoms in total. The van der Waals surface area contributed by atoms with Crippen LogP contribution in [0.1, 0.15) is 19.3 Å². The molecule has 0 aromatic heterocycles. The summed E-state index contributed by atoms with van der Waals surface area (Å²) in [5, 5.41) is 16.2. The van der Waals surface area contributed by atoms with Crippen LogP contribution in [-0.4, -0.2) is 49.9 Å². The molecule has 0 radical (unpaired) electrons. The fraction of sp³-hybridized carbons (Fsp3) is 1.00. The van der Waals surface area contributed by atoms with Crippen LogP contribution in [0, 0.1) is 0 Å². The van der Waals surface area contributed by atoms with Crippen molar-refractivity contribution in [2.45, 2.75) is 25.4 Å². The summed E-state index contributed by atoms with van der Waals surface area (Å²) >= 11 is 0. The van der Waals surface area contributed by atoms with Crippen LogP contribution in [0.4, 0.5) is 0 Å². The van der Waals surface area contributed by atoms with Crippen LogP contribution in [0.15, 0.2) is 0 Å². The van der Waals surface area contributed by atoms with E-state index >= 15 is 0 Å². The van der Waals surface area contributed by atoms with Crippen molar-refractivity contribution in [3.8, 4) is 0 Å². The van der Waals surface area contributed by atoms with Gasteiger partial charge in [-0.15, -0.1) is 0 Å². The summed E-state index contributed by atoms with van der Waals surface area (Å²) in [6, 6.07) is 0. The van der Waals surface area contributed by atoms with Gasteiger partial charge in [0.1, 0.15) is 0 Å². The van der Waals surface area contributed by atoms with Crippen molar-refractivity contribution in [2.75, 3.05) is 33.5 Å². The van der Waals surface area contributed by atoms with Gasteiger partial charge in [-0.3, -0.25) is 0 Å². The molecule has 0 aromatic rings. The number of ether oxygens (including phenoxy) is 2. The Morgan fingerprint density at radius 2 is 1.69 bits per heavy atom. The second kappa shape index (κ2) is 9.92. The maximum absolute atomic E-state index is 8.09. The lowest BCUT2D eigenvalue weighted by molar-refractivity contribution is 0.0412. The van der Waals surface area contributed by atoms with Gasteiger partial charge < -0.3 is 19.7 Å². The molecule has 0 aliphatic heterocycles. The normalized spacial score (nSPS) is 15.9. The smallest absolute Gasteiger partial charge is 0.0698 e. The zero-order valence-corrected chi connectivity index (χ0v) is 8.24.